The van der Waals surface area contributed by atoms with Crippen molar-refractivity contribution in [2.24, 2.45) is 0 Å². The lowest BCUT2D eigenvalue weighted by atomic mass is 10.1. The Morgan fingerprint density at radius 2 is 2.09 bits per heavy atom. The van der Waals surface area contributed by atoms with Crippen LogP contribution < -0.4 is 10.3 Å². The van der Waals surface area contributed by atoms with Gasteiger partial charge in [-0.05, 0) is 19.1 Å². The van der Waals surface area contributed by atoms with Crippen LogP contribution in [0.5, 0.6) is 11.5 Å². The molecule has 0 unspecified atom stereocenters. The number of methoxy groups -OCH3 is 1. The summed E-state index contributed by atoms with van der Waals surface area (Å²) in [7, 11) is 1.43. The van der Waals surface area contributed by atoms with E-state index in [1.54, 1.807) is 19.1 Å². The van der Waals surface area contributed by atoms with E-state index in [9.17, 15) is 14.7 Å². The van der Waals surface area contributed by atoms with Gasteiger partial charge in [0.2, 0.25) is 5.82 Å². The van der Waals surface area contributed by atoms with Gasteiger partial charge in [0, 0.05) is 11.5 Å². The highest BCUT2D eigenvalue weighted by Gasteiger charge is 2.14. The van der Waals surface area contributed by atoms with Crippen LogP contribution in [0.2, 0.25) is 0 Å². The number of nitrogens with one attached hydrogen (secondary N) is 1. The fourth-order valence-corrected chi connectivity index (χ4v) is 2.20. The summed E-state index contributed by atoms with van der Waals surface area (Å²) in [5.74, 6) is -0.756. The SMILES string of the molecule is CCOC(=O)c1nc2nc3cc(O)c(OC)cc3cc2c(=O)[nH]1. The van der Waals surface area contributed by atoms with Crippen molar-refractivity contribution in [3.05, 3.63) is 34.4 Å². The molecule has 0 aliphatic rings. The topological polar surface area (TPSA) is 114 Å². The molecule has 118 valence electrons. The lowest BCUT2D eigenvalue weighted by Gasteiger charge is -2.07. The maximum absolute atomic E-state index is 12.1. The molecule has 8 nitrogen and oxygen atoms in total. The standard InChI is InChI=1S/C15H13N3O5/c1-3-23-15(21)13-17-12-8(14(20)18-13)4-7-5-11(22-2)10(19)6-9(7)16-12/h4-6,19H,3H2,1-2H3,(H,16,17,18,20). The molecule has 0 aliphatic heterocycles. The highest BCUT2D eigenvalue weighted by molar-refractivity contribution is 5.94. The van der Waals surface area contributed by atoms with Gasteiger partial charge in [0.05, 0.1) is 24.6 Å². The van der Waals surface area contributed by atoms with E-state index in [4.69, 9.17) is 9.47 Å². The molecule has 3 rings (SSSR count). The van der Waals surface area contributed by atoms with E-state index in [2.05, 4.69) is 15.0 Å². The molecule has 3 aromatic rings. The minimum absolute atomic E-state index is 0.0812. The Morgan fingerprint density at radius 3 is 2.78 bits per heavy atom. The van der Waals surface area contributed by atoms with E-state index in [1.165, 1.54) is 13.2 Å². The number of carbonyl (C=O) groups is 1. The summed E-state index contributed by atoms with van der Waals surface area (Å²) in [5.41, 5.74) is 0.0112. The fourth-order valence-electron chi connectivity index (χ4n) is 2.20. The van der Waals surface area contributed by atoms with Crippen LogP contribution in [0.1, 0.15) is 17.5 Å². The average molecular weight is 315 g/mol. The fraction of sp³-hybridized carbons (Fsp3) is 0.200. The van der Waals surface area contributed by atoms with E-state index >= 15 is 0 Å². The van der Waals surface area contributed by atoms with Crippen molar-refractivity contribution in [3.8, 4) is 11.5 Å². The third-order valence-electron chi connectivity index (χ3n) is 3.26. The molecule has 0 saturated heterocycles. The van der Waals surface area contributed by atoms with Gasteiger partial charge < -0.3 is 19.6 Å². The number of hydrogen-bond acceptors (Lipinski definition) is 7. The van der Waals surface area contributed by atoms with E-state index in [-0.39, 0.29) is 35.0 Å². The second-order valence-electron chi connectivity index (χ2n) is 4.71. The number of benzene rings is 1. The minimum Gasteiger partial charge on any atom is -0.504 e. The Hall–Kier alpha value is -3.16. The molecule has 0 spiro atoms. The molecule has 0 fully saturated rings. The van der Waals surface area contributed by atoms with Crippen molar-refractivity contribution >= 4 is 27.9 Å². The third kappa shape index (κ3) is 2.54. The first-order valence-electron chi connectivity index (χ1n) is 6.82. The second kappa shape index (κ2) is 5.56. The molecular formula is C15H13N3O5. The zero-order chi connectivity index (χ0) is 16.6. The zero-order valence-electron chi connectivity index (χ0n) is 12.4. The van der Waals surface area contributed by atoms with Crippen LogP contribution in [0.3, 0.4) is 0 Å². The minimum atomic E-state index is -0.731. The molecule has 0 amide bonds. The molecule has 0 bridgehead atoms. The van der Waals surface area contributed by atoms with E-state index in [1.807, 2.05) is 0 Å². The molecule has 2 aromatic heterocycles. The van der Waals surface area contributed by atoms with Crippen LogP contribution in [-0.4, -0.2) is 39.7 Å². The smallest absolute Gasteiger partial charge is 0.374 e. The summed E-state index contributed by atoms with van der Waals surface area (Å²) in [6, 6.07) is 4.54. The maximum atomic E-state index is 12.1. The van der Waals surface area contributed by atoms with Gasteiger partial charge in [0.1, 0.15) is 0 Å². The number of hydrogen-bond donors (Lipinski definition) is 2. The van der Waals surface area contributed by atoms with Crippen molar-refractivity contribution in [3.63, 3.8) is 0 Å². The predicted molar refractivity (Wildman–Crippen MR) is 81.8 cm³/mol. The number of pyridine rings is 1. The summed E-state index contributed by atoms with van der Waals surface area (Å²) >= 11 is 0. The molecule has 0 atom stereocenters. The van der Waals surface area contributed by atoms with E-state index in [0.717, 1.165) is 0 Å². The van der Waals surface area contributed by atoms with Gasteiger partial charge in [-0.3, -0.25) is 4.79 Å². The molecule has 0 aliphatic carbocycles. The Kier molecular flexibility index (Phi) is 3.57. The van der Waals surface area contributed by atoms with Gasteiger partial charge in [-0.2, -0.15) is 0 Å². The van der Waals surface area contributed by atoms with Crippen LogP contribution in [-0.2, 0) is 4.74 Å². The highest BCUT2D eigenvalue weighted by atomic mass is 16.5. The number of fused-ring (bicyclic) bond motifs is 2. The molecule has 1 aromatic carbocycles. The van der Waals surface area contributed by atoms with Crippen molar-refractivity contribution in [2.75, 3.05) is 13.7 Å². The number of carbonyl (C=O) groups excluding carboxylic acids is 1. The first kappa shape index (κ1) is 14.8. The number of phenols is 1. The van der Waals surface area contributed by atoms with Crippen LogP contribution in [0, 0.1) is 0 Å². The largest absolute Gasteiger partial charge is 0.504 e. The van der Waals surface area contributed by atoms with Gasteiger partial charge in [-0.1, -0.05) is 0 Å². The summed E-state index contributed by atoms with van der Waals surface area (Å²) in [6.07, 6.45) is 0. The van der Waals surface area contributed by atoms with Crippen molar-refractivity contribution in [1.82, 2.24) is 15.0 Å². The van der Waals surface area contributed by atoms with Gasteiger partial charge in [-0.15, -0.1) is 0 Å². The van der Waals surface area contributed by atoms with Crippen LogP contribution in [0.15, 0.2) is 23.0 Å². The maximum Gasteiger partial charge on any atom is 0.374 e. The number of aromatic nitrogens is 3. The number of aromatic hydroxyl groups is 1. The number of esters is 1. The summed E-state index contributed by atoms with van der Waals surface area (Å²) in [6.45, 7) is 1.82. The first-order chi connectivity index (χ1) is 11.0. The quantitative estimate of drug-likeness (QED) is 0.554. The summed E-state index contributed by atoms with van der Waals surface area (Å²) < 4.78 is 9.85. The summed E-state index contributed by atoms with van der Waals surface area (Å²) in [5, 5.41) is 10.6. The van der Waals surface area contributed by atoms with Crippen molar-refractivity contribution < 1.29 is 19.4 Å². The number of rotatable bonds is 3. The molecule has 23 heavy (non-hydrogen) atoms. The van der Waals surface area contributed by atoms with Crippen molar-refractivity contribution in [1.29, 1.82) is 0 Å². The zero-order valence-corrected chi connectivity index (χ0v) is 12.4. The lowest BCUT2D eigenvalue weighted by Crippen LogP contribution is -2.18. The number of aromatic amines is 1. The normalized spacial score (nSPS) is 10.9. The summed E-state index contributed by atoms with van der Waals surface area (Å²) in [4.78, 5) is 34.5. The Labute approximate surface area is 129 Å². The Morgan fingerprint density at radius 1 is 1.30 bits per heavy atom. The molecule has 2 N–H and O–H groups in total. The number of H-pyrrole nitrogens is 1. The van der Waals surface area contributed by atoms with Gasteiger partial charge >= 0.3 is 5.97 Å². The number of ether oxygens (including phenoxy) is 2. The molecule has 8 heteroatoms. The van der Waals surface area contributed by atoms with E-state index < -0.39 is 11.5 Å². The van der Waals surface area contributed by atoms with E-state index in [0.29, 0.717) is 10.9 Å². The lowest BCUT2D eigenvalue weighted by molar-refractivity contribution is 0.0512. The number of nitrogens with zero attached hydrogens (tertiary/aromatic N) is 2. The third-order valence-corrected chi connectivity index (χ3v) is 3.26. The average Bonchev–Trinajstić information content (AvgIpc) is 2.53. The predicted octanol–water partition coefficient (Wildman–Crippen LogP) is 1.36. The molecule has 0 saturated carbocycles. The molecular weight excluding hydrogens is 302 g/mol. The van der Waals surface area contributed by atoms with Gasteiger partial charge in [0.25, 0.3) is 5.56 Å². The van der Waals surface area contributed by atoms with Crippen LogP contribution >= 0.6 is 0 Å². The Bertz CT molecular complexity index is 980. The van der Waals surface area contributed by atoms with Gasteiger partial charge in [0.15, 0.2) is 17.1 Å². The number of phenolic OH excluding ortho intramolecular Hbond substituents is 1. The second-order valence-corrected chi connectivity index (χ2v) is 4.71. The molecule has 2 heterocycles. The van der Waals surface area contributed by atoms with Gasteiger partial charge in [-0.25, -0.2) is 14.8 Å². The van der Waals surface area contributed by atoms with Crippen LogP contribution in [0.25, 0.3) is 21.9 Å². The molecule has 0 radical (unpaired) electrons. The Balaban J connectivity index is 2.27. The highest BCUT2D eigenvalue weighted by Crippen LogP contribution is 2.31. The van der Waals surface area contributed by atoms with Crippen LogP contribution in [0.4, 0.5) is 0 Å². The van der Waals surface area contributed by atoms with Crippen molar-refractivity contribution in [2.45, 2.75) is 6.92 Å². The monoisotopic (exact) mass is 315 g/mol. The first-order valence-corrected chi connectivity index (χ1v) is 6.82.